The molecule has 0 saturated heterocycles. The van der Waals surface area contributed by atoms with E-state index in [9.17, 15) is 4.79 Å². The van der Waals surface area contributed by atoms with Crippen molar-refractivity contribution in [3.05, 3.63) is 41.5 Å². The van der Waals surface area contributed by atoms with Crippen molar-refractivity contribution in [1.82, 2.24) is 0 Å². The largest absolute Gasteiger partial charge is 0.493 e. The molecule has 2 aliphatic rings. The molecule has 1 unspecified atom stereocenters. The van der Waals surface area contributed by atoms with Crippen LogP contribution in [0.1, 0.15) is 17.2 Å². The first-order valence-corrected chi connectivity index (χ1v) is 8.19. The van der Waals surface area contributed by atoms with Gasteiger partial charge in [0.1, 0.15) is 31.4 Å². The molecule has 7 nitrogen and oxygen atoms in total. The monoisotopic (exact) mass is 354 g/mol. The number of carbonyl (C=O) groups excluding carboxylic acids is 1. The molecule has 26 heavy (non-hydrogen) atoms. The van der Waals surface area contributed by atoms with E-state index < -0.39 is 6.04 Å². The standard InChI is InChI=1S/C19H18N2O5/c1-23-16-8-12-13(9-17(16)24-2)20-19(21-14(12)10-22)11-3-4-15-18(7-11)26-6-5-25-15/h3-4,7-10,14H,5-6H2,1-2H3,(H,20,21). The second-order valence-corrected chi connectivity index (χ2v) is 5.84. The van der Waals surface area contributed by atoms with Crippen molar-refractivity contribution in [3.63, 3.8) is 0 Å². The van der Waals surface area contributed by atoms with Gasteiger partial charge >= 0.3 is 0 Å². The SMILES string of the molecule is COc1cc2c(cc1OC)C(C=O)N=C(c1ccc3c(c1)OCCO3)N2. The van der Waals surface area contributed by atoms with Gasteiger partial charge < -0.3 is 29.1 Å². The number of nitrogens with one attached hydrogen (secondary N) is 1. The Balaban J connectivity index is 1.75. The van der Waals surface area contributed by atoms with E-state index in [-0.39, 0.29) is 0 Å². The number of amidine groups is 1. The molecule has 7 heteroatoms. The maximum Gasteiger partial charge on any atom is 0.162 e. The predicted octanol–water partition coefficient (Wildman–Crippen LogP) is 2.59. The number of hydrogen-bond acceptors (Lipinski definition) is 7. The van der Waals surface area contributed by atoms with Gasteiger partial charge in [-0.2, -0.15) is 0 Å². The Bertz CT molecular complexity index is 894. The van der Waals surface area contributed by atoms with E-state index in [0.717, 1.165) is 23.1 Å². The molecular weight excluding hydrogens is 336 g/mol. The fraction of sp³-hybridized carbons (Fsp3) is 0.263. The summed E-state index contributed by atoms with van der Waals surface area (Å²) in [5.41, 5.74) is 2.29. The first-order valence-electron chi connectivity index (χ1n) is 8.19. The molecule has 0 aromatic heterocycles. The van der Waals surface area contributed by atoms with Crippen LogP contribution in [0.5, 0.6) is 23.0 Å². The average Bonchev–Trinajstić information content (AvgIpc) is 2.71. The number of aliphatic imine (C=N–C) groups is 1. The molecule has 0 radical (unpaired) electrons. The molecule has 0 saturated carbocycles. The van der Waals surface area contributed by atoms with Crippen LogP contribution in [0.4, 0.5) is 5.69 Å². The lowest BCUT2D eigenvalue weighted by Crippen LogP contribution is -2.23. The summed E-state index contributed by atoms with van der Waals surface area (Å²) < 4.78 is 21.9. The molecule has 0 aliphatic carbocycles. The third kappa shape index (κ3) is 2.71. The summed E-state index contributed by atoms with van der Waals surface area (Å²) in [7, 11) is 3.13. The van der Waals surface area contributed by atoms with Crippen LogP contribution in [-0.4, -0.2) is 39.6 Å². The Morgan fingerprint density at radius 2 is 1.81 bits per heavy atom. The molecule has 134 valence electrons. The van der Waals surface area contributed by atoms with Gasteiger partial charge in [0.2, 0.25) is 0 Å². The summed E-state index contributed by atoms with van der Waals surface area (Å²) in [6, 6.07) is 8.52. The van der Waals surface area contributed by atoms with Crippen molar-refractivity contribution >= 4 is 17.8 Å². The van der Waals surface area contributed by atoms with Crippen molar-refractivity contribution in [3.8, 4) is 23.0 Å². The van der Waals surface area contributed by atoms with Gasteiger partial charge in [-0.05, 0) is 24.3 Å². The van der Waals surface area contributed by atoms with Crippen molar-refractivity contribution in [1.29, 1.82) is 0 Å². The molecule has 2 heterocycles. The number of nitrogens with zero attached hydrogens (tertiary/aromatic N) is 1. The van der Waals surface area contributed by atoms with Crippen LogP contribution in [0.15, 0.2) is 35.3 Å². The number of carbonyl (C=O) groups is 1. The minimum Gasteiger partial charge on any atom is -0.493 e. The molecule has 0 fully saturated rings. The first-order chi connectivity index (χ1) is 12.7. The fourth-order valence-electron chi connectivity index (χ4n) is 3.06. The lowest BCUT2D eigenvalue weighted by Gasteiger charge is -2.25. The van der Waals surface area contributed by atoms with E-state index in [1.165, 1.54) is 0 Å². The number of methoxy groups -OCH3 is 2. The molecule has 2 aromatic rings. The molecule has 1 atom stereocenters. The topological polar surface area (TPSA) is 78.4 Å². The summed E-state index contributed by atoms with van der Waals surface area (Å²) >= 11 is 0. The number of fused-ring (bicyclic) bond motifs is 2. The number of hydrogen-bond donors (Lipinski definition) is 1. The van der Waals surface area contributed by atoms with E-state index in [0.29, 0.717) is 42.0 Å². The maximum atomic E-state index is 11.6. The van der Waals surface area contributed by atoms with Gasteiger partial charge in [0.15, 0.2) is 23.0 Å². The summed E-state index contributed by atoms with van der Waals surface area (Å²) in [5, 5.41) is 3.27. The third-order valence-corrected chi connectivity index (χ3v) is 4.34. The summed E-state index contributed by atoms with van der Waals surface area (Å²) in [4.78, 5) is 16.2. The Morgan fingerprint density at radius 3 is 2.54 bits per heavy atom. The lowest BCUT2D eigenvalue weighted by molar-refractivity contribution is -0.108. The van der Waals surface area contributed by atoms with Crippen molar-refractivity contribution in [2.45, 2.75) is 6.04 Å². The zero-order valence-corrected chi connectivity index (χ0v) is 14.4. The van der Waals surface area contributed by atoms with E-state index in [1.54, 1.807) is 26.4 Å². The van der Waals surface area contributed by atoms with Crippen LogP contribution in [0.25, 0.3) is 0 Å². The highest BCUT2D eigenvalue weighted by molar-refractivity contribution is 6.11. The third-order valence-electron chi connectivity index (χ3n) is 4.34. The van der Waals surface area contributed by atoms with Crippen LogP contribution in [0.2, 0.25) is 0 Å². The zero-order chi connectivity index (χ0) is 18.1. The van der Waals surface area contributed by atoms with Gasteiger partial charge in [0, 0.05) is 22.9 Å². The first kappa shape index (κ1) is 16.3. The van der Waals surface area contributed by atoms with Gasteiger partial charge in [-0.1, -0.05) is 0 Å². The number of aldehydes is 1. The van der Waals surface area contributed by atoms with E-state index in [4.69, 9.17) is 18.9 Å². The Kier molecular flexibility index (Phi) is 4.12. The van der Waals surface area contributed by atoms with Gasteiger partial charge in [-0.15, -0.1) is 0 Å². The highest BCUT2D eigenvalue weighted by Crippen LogP contribution is 2.40. The molecule has 2 aliphatic heterocycles. The van der Waals surface area contributed by atoms with Crippen LogP contribution in [0.3, 0.4) is 0 Å². The van der Waals surface area contributed by atoms with Gasteiger partial charge in [-0.25, -0.2) is 0 Å². The Morgan fingerprint density at radius 1 is 1.08 bits per heavy atom. The van der Waals surface area contributed by atoms with Crippen LogP contribution < -0.4 is 24.3 Å². The summed E-state index contributed by atoms with van der Waals surface area (Å²) in [6.07, 6.45) is 0.809. The van der Waals surface area contributed by atoms with Crippen molar-refractivity contribution in [2.24, 2.45) is 4.99 Å². The Hall–Kier alpha value is -3.22. The van der Waals surface area contributed by atoms with Gasteiger partial charge in [0.05, 0.1) is 14.2 Å². The lowest BCUT2D eigenvalue weighted by atomic mass is 10.0. The van der Waals surface area contributed by atoms with Crippen molar-refractivity contribution in [2.75, 3.05) is 32.8 Å². The number of rotatable bonds is 4. The summed E-state index contributed by atoms with van der Waals surface area (Å²) in [5.74, 6) is 3.08. The summed E-state index contributed by atoms with van der Waals surface area (Å²) in [6.45, 7) is 1.04. The fourth-order valence-corrected chi connectivity index (χ4v) is 3.06. The normalized spacial score (nSPS) is 17.5. The van der Waals surface area contributed by atoms with Crippen LogP contribution in [-0.2, 0) is 4.79 Å². The molecule has 0 bridgehead atoms. The van der Waals surface area contributed by atoms with Crippen molar-refractivity contribution < 1.29 is 23.7 Å². The highest BCUT2D eigenvalue weighted by atomic mass is 16.6. The van der Waals surface area contributed by atoms with Crippen LogP contribution >= 0.6 is 0 Å². The smallest absolute Gasteiger partial charge is 0.162 e. The quantitative estimate of drug-likeness (QED) is 0.851. The second kappa shape index (κ2) is 6.59. The Labute approximate surface area is 150 Å². The van der Waals surface area contributed by atoms with Gasteiger partial charge in [-0.3, -0.25) is 4.99 Å². The number of ether oxygens (including phenoxy) is 4. The minimum absolute atomic E-state index is 0.507. The predicted molar refractivity (Wildman–Crippen MR) is 95.9 cm³/mol. The zero-order valence-electron chi connectivity index (χ0n) is 14.4. The molecule has 0 spiro atoms. The highest BCUT2D eigenvalue weighted by Gasteiger charge is 2.25. The van der Waals surface area contributed by atoms with E-state index in [1.807, 2.05) is 18.2 Å². The van der Waals surface area contributed by atoms with Crippen LogP contribution in [0, 0.1) is 0 Å². The molecule has 2 aromatic carbocycles. The molecular formula is C19H18N2O5. The molecule has 1 N–H and O–H groups in total. The maximum absolute atomic E-state index is 11.6. The average molecular weight is 354 g/mol. The number of anilines is 1. The van der Waals surface area contributed by atoms with Gasteiger partial charge in [0.25, 0.3) is 0 Å². The number of benzene rings is 2. The minimum atomic E-state index is -0.630. The molecule has 4 rings (SSSR count). The molecule has 0 amide bonds. The van der Waals surface area contributed by atoms with E-state index in [2.05, 4.69) is 10.3 Å². The van der Waals surface area contributed by atoms with E-state index >= 15 is 0 Å². The second-order valence-electron chi connectivity index (χ2n) is 5.84.